The van der Waals surface area contributed by atoms with Crippen LogP contribution in [-0.2, 0) is 14.3 Å². The lowest BCUT2D eigenvalue weighted by Gasteiger charge is -2.41. The maximum Gasteiger partial charge on any atom is 0.408 e. The van der Waals surface area contributed by atoms with Crippen LogP contribution >= 0.6 is 0 Å². The molecule has 1 heterocycles. The fourth-order valence-electron chi connectivity index (χ4n) is 4.68. The van der Waals surface area contributed by atoms with Crippen LogP contribution in [0.5, 0.6) is 0 Å². The van der Waals surface area contributed by atoms with Gasteiger partial charge in [-0.1, -0.05) is 42.7 Å². The first-order valence-electron chi connectivity index (χ1n) is 10.7. The summed E-state index contributed by atoms with van der Waals surface area (Å²) in [6, 6.07) is 8.98. The molecular weight excluding hydrogens is 398 g/mol. The van der Waals surface area contributed by atoms with Crippen LogP contribution in [0.2, 0.25) is 0 Å². The van der Waals surface area contributed by atoms with Gasteiger partial charge in [-0.2, -0.15) is 0 Å². The van der Waals surface area contributed by atoms with E-state index in [1.165, 1.54) is 0 Å². The number of hydroxylamine groups is 1. The van der Waals surface area contributed by atoms with Crippen LogP contribution in [0.3, 0.4) is 0 Å². The Morgan fingerprint density at radius 3 is 2.65 bits per heavy atom. The molecule has 31 heavy (non-hydrogen) atoms. The van der Waals surface area contributed by atoms with Crippen LogP contribution in [0, 0.1) is 18.3 Å². The number of nitrogens with zero attached hydrogens (tertiary/aromatic N) is 1. The van der Waals surface area contributed by atoms with E-state index in [9.17, 15) is 19.6 Å². The van der Waals surface area contributed by atoms with Gasteiger partial charge in [0.15, 0.2) is 6.61 Å². The molecule has 8 heteroatoms. The number of rotatable bonds is 5. The third-order valence-electron chi connectivity index (χ3n) is 6.20. The number of alkyl carbamates (subject to hydrolysis) is 1. The van der Waals surface area contributed by atoms with Gasteiger partial charge in [0.05, 0.1) is 0 Å². The summed E-state index contributed by atoms with van der Waals surface area (Å²) >= 11 is 0. The maximum absolute atomic E-state index is 13.3. The van der Waals surface area contributed by atoms with Gasteiger partial charge in [0.2, 0.25) is 5.91 Å². The van der Waals surface area contributed by atoms with Gasteiger partial charge in [-0.15, -0.1) is 6.42 Å². The summed E-state index contributed by atoms with van der Waals surface area (Å²) in [6.45, 7) is 0.338. The molecule has 2 fully saturated rings. The second kappa shape index (κ2) is 10.8. The number of carbonyl (C=O) groups excluding carboxylic acids is 3. The lowest BCUT2D eigenvalue weighted by Crippen LogP contribution is -2.55. The molecule has 1 saturated carbocycles. The minimum atomic E-state index is -0.731. The molecule has 4 atom stereocenters. The fraction of sp³-hybridized carbons (Fsp3) is 0.522. The molecular formula is C23H29N3O5. The summed E-state index contributed by atoms with van der Waals surface area (Å²) in [5, 5.41) is 12.0. The summed E-state index contributed by atoms with van der Waals surface area (Å²) in [6.07, 6.45) is 8.43. The van der Waals surface area contributed by atoms with Crippen LogP contribution in [0.25, 0.3) is 0 Å². The smallest absolute Gasteiger partial charge is 0.408 e. The van der Waals surface area contributed by atoms with E-state index in [-0.39, 0.29) is 30.4 Å². The molecule has 8 nitrogen and oxygen atoms in total. The maximum atomic E-state index is 13.3. The molecule has 3 amide bonds. The molecule has 2 aliphatic rings. The first-order chi connectivity index (χ1) is 15.0. The molecule has 0 aromatic heterocycles. The van der Waals surface area contributed by atoms with Crippen molar-refractivity contribution >= 4 is 17.9 Å². The number of hydrogen-bond donors (Lipinski definition) is 3. The van der Waals surface area contributed by atoms with Crippen LogP contribution in [0.15, 0.2) is 30.3 Å². The Bertz CT molecular complexity index is 822. The zero-order chi connectivity index (χ0) is 22.2. The van der Waals surface area contributed by atoms with Gasteiger partial charge in [0, 0.05) is 18.5 Å². The Labute approximate surface area is 182 Å². The van der Waals surface area contributed by atoms with E-state index in [4.69, 9.17) is 11.2 Å². The molecule has 1 aromatic rings. The van der Waals surface area contributed by atoms with Gasteiger partial charge in [0.1, 0.15) is 6.04 Å². The summed E-state index contributed by atoms with van der Waals surface area (Å²) in [4.78, 5) is 39.1. The van der Waals surface area contributed by atoms with Gasteiger partial charge in [-0.05, 0) is 43.6 Å². The Balaban J connectivity index is 1.65. The number of amides is 3. The van der Waals surface area contributed by atoms with E-state index < -0.39 is 18.0 Å². The van der Waals surface area contributed by atoms with Gasteiger partial charge in [-0.25, -0.2) is 10.3 Å². The summed E-state index contributed by atoms with van der Waals surface area (Å²) in [5.74, 6) is 1.40. The highest BCUT2D eigenvalue weighted by atomic mass is 16.5. The van der Waals surface area contributed by atoms with Crippen molar-refractivity contribution in [3.63, 3.8) is 0 Å². The van der Waals surface area contributed by atoms with E-state index in [2.05, 4.69) is 11.2 Å². The minimum absolute atomic E-state index is 0.102. The molecule has 0 radical (unpaired) electrons. The molecule has 0 spiro atoms. The van der Waals surface area contributed by atoms with Gasteiger partial charge >= 0.3 is 6.09 Å². The molecule has 4 unspecified atom stereocenters. The van der Waals surface area contributed by atoms with Crippen LogP contribution in [0.1, 0.15) is 50.0 Å². The van der Waals surface area contributed by atoms with Gasteiger partial charge in [0.25, 0.3) is 5.91 Å². The van der Waals surface area contributed by atoms with Crippen molar-refractivity contribution in [3.05, 3.63) is 35.9 Å². The predicted molar refractivity (Wildman–Crippen MR) is 113 cm³/mol. The van der Waals surface area contributed by atoms with E-state index in [0.29, 0.717) is 25.8 Å². The van der Waals surface area contributed by atoms with Crippen molar-refractivity contribution < 1.29 is 24.3 Å². The molecule has 1 saturated heterocycles. The van der Waals surface area contributed by atoms with Crippen LogP contribution in [0.4, 0.5) is 4.79 Å². The number of likely N-dealkylation sites (tertiary alicyclic amines) is 1. The van der Waals surface area contributed by atoms with Crippen LogP contribution < -0.4 is 10.8 Å². The summed E-state index contributed by atoms with van der Waals surface area (Å²) < 4.78 is 4.86. The second-order valence-electron chi connectivity index (χ2n) is 8.14. The lowest BCUT2D eigenvalue weighted by atomic mass is 9.81. The number of benzene rings is 1. The minimum Gasteiger partial charge on any atom is -0.436 e. The molecule has 166 valence electrons. The third-order valence-corrected chi connectivity index (χ3v) is 6.20. The summed E-state index contributed by atoms with van der Waals surface area (Å²) in [7, 11) is 0. The van der Waals surface area contributed by atoms with E-state index in [1.54, 1.807) is 10.4 Å². The largest absolute Gasteiger partial charge is 0.436 e. The zero-order valence-electron chi connectivity index (χ0n) is 17.5. The van der Waals surface area contributed by atoms with E-state index >= 15 is 0 Å². The van der Waals surface area contributed by atoms with Crippen LogP contribution in [-0.4, -0.2) is 53.3 Å². The monoisotopic (exact) mass is 427 g/mol. The van der Waals surface area contributed by atoms with Crippen molar-refractivity contribution in [2.24, 2.45) is 5.92 Å². The van der Waals surface area contributed by atoms with Crippen molar-refractivity contribution in [2.45, 2.75) is 56.5 Å². The average molecular weight is 428 g/mol. The first-order valence-corrected chi connectivity index (χ1v) is 10.7. The number of hydrogen-bond acceptors (Lipinski definition) is 5. The standard InChI is InChI=1S/C23H29N3O5/c1-2-13-31-23(29)24-19-10-6-9-18(14-19)22(28)26-12-11-17(15-20(26)21(27)25-30)16-7-4-3-5-8-16/h1,3-5,7-8,17-20,30H,6,9-15H2,(H,24,29)(H,25,27). The highest BCUT2D eigenvalue weighted by molar-refractivity contribution is 5.88. The lowest BCUT2D eigenvalue weighted by molar-refractivity contribution is -0.150. The van der Waals surface area contributed by atoms with E-state index in [0.717, 1.165) is 24.8 Å². The third kappa shape index (κ3) is 5.76. The van der Waals surface area contributed by atoms with Gasteiger partial charge in [-0.3, -0.25) is 14.8 Å². The van der Waals surface area contributed by atoms with Crippen molar-refractivity contribution in [3.8, 4) is 12.3 Å². The number of nitrogens with one attached hydrogen (secondary N) is 2. The highest BCUT2D eigenvalue weighted by Crippen LogP contribution is 2.34. The Morgan fingerprint density at radius 1 is 1.16 bits per heavy atom. The number of terminal acetylenes is 1. The fourth-order valence-corrected chi connectivity index (χ4v) is 4.68. The molecule has 1 aromatic carbocycles. The molecule has 1 aliphatic heterocycles. The Kier molecular flexibility index (Phi) is 7.90. The zero-order valence-corrected chi connectivity index (χ0v) is 17.5. The number of ether oxygens (including phenoxy) is 1. The molecule has 3 rings (SSSR count). The van der Waals surface area contributed by atoms with Gasteiger partial charge < -0.3 is 15.0 Å². The highest BCUT2D eigenvalue weighted by Gasteiger charge is 2.40. The number of carbonyl (C=O) groups is 3. The quantitative estimate of drug-likeness (QED) is 0.379. The Hall–Kier alpha value is -3.05. The summed E-state index contributed by atoms with van der Waals surface area (Å²) in [5.41, 5.74) is 2.85. The van der Waals surface area contributed by atoms with Crippen molar-refractivity contribution in [1.82, 2.24) is 15.7 Å². The first kappa shape index (κ1) is 22.6. The SMILES string of the molecule is C#CCOC(=O)NC1CCCC(C(=O)N2CCC(c3ccccc3)CC2C(=O)NO)C1. The topological polar surface area (TPSA) is 108 Å². The Morgan fingerprint density at radius 2 is 1.94 bits per heavy atom. The molecule has 3 N–H and O–H groups in total. The van der Waals surface area contributed by atoms with Crippen molar-refractivity contribution in [1.29, 1.82) is 0 Å². The molecule has 1 aliphatic carbocycles. The van der Waals surface area contributed by atoms with E-state index in [1.807, 2.05) is 30.3 Å². The second-order valence-corrected chi connectivity index (χ2v) is 8.14. The molecule has 0 bridgehead atoms. The average Bonchev–Trinajstić information content (AvgIpc) is 2.82. The predicted octanol–water partition coefficient (Wildman–Crippen LogP) is 2.18. The number of piperidine rings is 1. The van der Waals surface area contributed by atoms with Crippen molar-refractivity contribution in [2.75, 3.05) is 13.2 Å². The normalized spacial score (nSPS) is 25.7.